The van der Waals surface area contributed by atoms with Gasteiger partial charge in [-0.3, -0.25) is 0 Å². The van der Waals surface area contributed by atoms with E-state index in [1.807, 2.05) is 0 Å². The third-order valence-electron chi connectivity index (χ3n) is 1.67. The minimum atomic E-state index is 0. The van der Waals surface area contributed by atoms with Gasteiger partial charge in [0.05, 0.1) is 0 Å². The second-order valence-corrected chi connectivity index (χ2v) is 2.94. The first-order valence-electron chi connectivity index (χ1n) is 4.34. The van der Waals surface area contributed by atoms with Crippen LogP contribution < -0.4 is 5.73 Å². The van der Waals surface area contributed by atoms with Gasteiger partial charge < -0.3 is 5.73 Å². The van der Waals surface area contributed by atoms with Crippen LogP contribution in [-0.4, -0.2) is 43.7 Å². The highest BCUT2D eigenvalue weighted by Crippen LogP contribution is 1.94. The normalized spacial score (nSPS) is 9.00. The Kier molecular flexibility index (Phi) is 27.9. The molecule has 0 spiro atoms. The lowest BCUT2D eigenvalue weighted by atomic mass is 10.4. The summed E-state index contributed by atoms with van der Waals surface area (Å²) in [5.74, 6) is 0. The molecule has 0 saturated heterocycles. The molecule has 0 heterocycles. The summed E-state index contributed by atoms with van der Waals surface area (Å²) >= 11 is 0. The van der Waals surface area contributed by atoms with E-state index in [0.29, 0.717) is 0 Å². The minimum Gasteiger partial charge on any atom is -0.330 e. The average Bonchev–Trinajstić information content (AvgIpc) is 1.97. The van der Waals surface area contributed by atoms with Gasteiger partial charge in [0, 0.05) is 27.2 Å². The van der Waals surface area contributed by atoms with E-state index in [-0.39, 0.29) is 37.2 Å². The van der Waals surface area contributed by atoms with Crippen molar-refractivity contribution in [3.63, 3.8) is 0 Å². The molecule has 0 amide bonds. The summed E-state index contributed by atoms with van der Waals surface area (Å²) in [7, 11) is 4.15. The summed E-state index contributed by atoms with van der Waals surface area (Å²) < 4.78 is 0. The molecule has 0 atom stereocenters. The number of hydrogen-bond donors (Lipinski definition) is 1. The van der Waals surface area contributed by atoms with Crippen molar-refractivity contribution in [2.24, 2.45) is 5.73 Å². The molecule has 3 nitrogen and oxygen atoms in total. The molecule has 0 rings (SSSR count). The molecular formula is C8H24Cl3N3. The molecule has 0 aliphatic rings. The summed E-state index contributed by atoms with van der Waals surface area (Å²) in [4.78, 5) is 0. The van der Waals surface area contributed by atoms with Crippen molar-refractivity contribution >= 4 is 37.2 Å². The van der Waals surface area contributed by atoms with Crippen molar-refractivity contribution in [2.75, 3.05) is 33.7 Å². The highest BCUT2D eigenvalue weighted by molar-refractivity contribution is 5.86. The Balaban J connectivity index is -0.000000167. The fourth-order valence-electron chi connectivity index (χ4n) is 1.04. The zero-order chi connectivity index (χ0) is 8.69. The second kappa shape index (κ2) is 16.2. The zero-order valence-electron chi connectivity index (χ0n) is 9.23. The Hall–Kier alpha value is 0.750. The fourth-order valence-corrected chi connectivity index (χ4v) is 1.04. The van der Waals surface area contributed by atoms with Crippen molar-refractivity contribution < 1.29 is 0 Å². The maximum atomic E-state index is 5.43. The number of nitrogens with two attached hydrogens (primary N) is 1. The van der Waals surface area contributed by atoms with Crippen molar-refractivity contribution in [3.05, 3.63) is 0 Å². The van der Waals surface area contributed by atoms with Crippen molar-refractivity contribution in [1.29, 1.82) is 0 Å². The molecule has 0 saturated carbocycles. The van der Waals surface area contributed by atoms with Gasteiger partial charge in [-0.05, 0) is 19.4 Å². The molecular weight excluding hydrogens is 244 g/mol. The monoisotopic (exact) mass is 267 g/mol. The second-order valence-electron chi connectivity index (χ2n) is 2.94. The number of halogens is 3. The summed E-state index contributed by atoms with van der Waals surface area (Å²) in [6.45, 7) is 5.19. The van der Waals surface area contributed by atoms with Crippen LogP contribution in [0, 0.1) is 0 Å². The van der Waals surface area contributed by atoms with Crippen molar-refractivity contribution in [1.82, 2.24) is 10.0 Å². The van der Waals surface area contributed by atoms with E-state index in [0.717, 1.165) is 26.1 Å². The van der Waals surface area contributed by atoms with Crippen molar-refractivity contribution in [2.45, 2.75) is 19.8 Å². The van der Waals surface area contributed by atoms with E-state index in [4.69, 9.17) is 5.73 Å². The Labute approximate surface area is 107 Å². The maximum absolute atomic E-state index is 5.43. The highest BCUT2D eigenvalue weighted by atomic mass is 35.5. The summed E-state index contributed by atoms with van der Waals surface area (Å²) in [6.07, 6.45) is 2.28. The summed E-state index contributed by atoms with van der Waals surface area (Å²) in [6, 6.07) is 0. The standard InChI is InChI=1S/C8H21N3.3ClH/c1-4-7-11(10(2)3)8-5-6-9;;;/h4-9H2,1-3H3;3*1H. The van der Waals surface area contributed by atoms with Crippen LogP contribution in [0.15, 0.2) is 0 Å². The van der Waals surface area contributed by atoms with E-state index < -0.39 is 0 Å². The number of hydrazine groups is 1. The summed E-state index contributed by atoms with van der Waals surface area (Å²) in [5, 5.41) is 4.45. The van der Waals surface area contributed by atoms with Gasteiger partial charge in [0.1, 0.15) is 0 Å². The van der Waals surface area contributed by atoms with Crippen LogP contribution in [0.1, 0.15) is 19.8 Å². The Morgan fingerprint density at radius 1 is 1.00 bits per heavy atom. The molecule has 0 aromatic heterocycles. The van der Waals surface area contributed by atoms with Crippen LogP contribution in [0.25, 0.3) is 0 Å². The average molecular weight is 269 g/mol. The van der Waals surface area contributed by atoms with Crippen LogP contribution in [0.3, 0.4) is 0 Å². The number of nitrogens with zero attached hydrogens (tertiary/aromatic N) is 2. The third-order valence-corrected chi connectivity index (χ3v) is 1.67. The quantitative estimate of drug-likeness (QED) is 0.746. The maximum Gasteiger partial charge on any atom is 0.0145 e. The summed E-state index contributed by atoms with van der Waals surface area (Å²) in [5.41, 5.74) is 5.43. The molecule has 0 bridgehead atoms. The first kappa shape index (κ1) is 24.1. The van der Waals surface area contributed by atoms with Gasteiger partial charge in [-0.1, -0.05) is 6.92 Å². The predicted octanol–water partition coefficient (Wildman–Crippen LogP) is 1.79. The van der Waals surface area contributed by atoms with Crippen LogP contribution in [0.4, 0.5) is 0 Å². The van der Waals surface area contributed by atoms with E-state index in [2.05, 4.69) is 31.0 Å². The SMILES string of the molecule is CCCN(CCCN)N(C)C.Cl.Cl.Cl. The third kappa shape index (κ3) is 12.8. The molecule has 0 aliphatic heterocycles. The molecule has 14 heavy (non-hydrogen) atoms. The van der Waals surface area contributed by atoms with Crippen LogP contribution in [0.2, 0.25) is 0 Å². The van der Waals surface area contributed by atoms with Crippen LogP contribution >= 0.6 is 37.2 Å². The molecule has 0 radical (unpaired) electrons. The molecule has 2 N–H and O–H groups in total. The van der Waals surface area contributed by atoms with Gasteiger partial charge in [0.2, 0.25) is 0 Å². The highest BCUT2D eigenvalue weighted by Gasteiger charge is 2.03. The first-order valence-corrected chi connectivity index (χ1v) is 4.34. The van der Waals surface area contributed by atoms with Gasteiger partial charge in [0.15, 0.2) is 0 Å². The number of hydrogen-bond acceptors (Lipinski definition) is 3. The van der Waals surface area contributed by atoms with Crippen LogP contribution in [-0.2, 0) is 0 Å². The molecule has 0 aliphatic carbocycles. The Morgan fingerprint density at radius 2 is 1.50 bits per heavy atom. The number of rotatable bonds is 6. The lowest BCUT2D eigenvalue weighted by molar-refractivity contribution is 0.0248. The molecule has 6 heteroatoms. The zero-order valence-corrected chi connectivity index (χ0v) is 11.7. The fraction of sp³-hybridized carbons (Fsp3) is 1.00. The van der Waals surface area contributed by atoms with Gasteiger partial charge >= 0.3 is 0 Å². The van der Waals surface area contributed by atoms with Gasteiger partial charge in [-0.2, -0.15) is 0 Å². The smallest absolute Gasteiger partial charge is 0.0145 e. The van der Waals surface area contributed by atoms with E-state index >= 15 is 0 Å². The van der Waals surface area contributed by atoms with E-state index in [9.17, 15) is 0 Å². The molecule has 0 fully saturated rings. The molecule has 0 aromatic rings. The predicted molar refractivity (Wildman–Crippen MR) is 71.0 cm³/mol. The lowest BCUT2D eigenvalue weighted by Gasteiger charge is -2.28. The molecule has 0 aromatic carbocycles. The molecule has 0 unspecified atom stereocenters. The largest absolute Gasteiger partial charge is 0.330 e. The lowest BCUT2D eigenvalue weighted by Crippen LogP contribution is -2.38. The van der Waals surface area contributed by atoms with Crippen LogP contribution in [0.5, 0.6) is 0 Å². The van der Waals surface area contributed by atoms with Gasteiger partial charge in [-0.25, -0.2) is 10.0 Å². The minimum absolute atomic E-state index is 0. The van der Waals surface area contributed by atoms with Gasteiger partial charge in [-0.15, -0.1) is 37.2 Å². The van der Waals surface area contributed by atoms with Gasteiger partial charge in [0.25, 0.3) is 0 Å². The Morgan fingerprint density at radius 3 is 1.79 bits per heavy atom. The van der Waals surface area contributed by atoms with E-state index in [1.165, 1.54) is 6.42 Å². The Bertz CT molecular complexity index is 93.9. The first-order chi connectivity index (χ1) is 5.22. The van der Waals surface area contributed by atoms with Crippen molar-refractivity contribution in [3.8, 4) is 0 Å². The topological polar surface area (TPSA) is 32.5 Å². The molecule has 92 valence electrons. The van der Waals surface area contributed by atoms with E-state index in [1.54, 1.807) is 0 Å².